The highest BCUT2D eigenvalue weighted by Gasteiger charge is 2.12. The molecule has 1 atom stereocenters. The zero-order valence-electron chi connectivity index (χ0n) is 10.6. The van der Waals surface area contributed by atoms with Crippen LogP contribution in [0.5, 0.6) is 0 Å². The third-order valence-corrected chi connectivity index (χ3v) is 5.29. The molecule has 0 amide bonds. The van der Waals surface area contributed by atoms with Gasteiger partial charge in [0.2, 0.25) is 0 Å². The number of halogens is 1. The predicted octanol–water partition coefficient (Wildman–Crippen LogP) is 4.04. The molecule has 0 bridgehead atoms. The molecule has 1 unspecified atom stereocenters. The average Bonchev–Trinajstić information content (AvgIpc) is 2.89. The summed E-state index contributed by atoms with van der Waals surface area (Å²) >= 11 is 7.10. The lowest BCUT2D eigenvalue weighted by Crippen LogP contribution is -2.32. The number of hydrogen-bond donors (Lipinski definition) is 1. The van der Waals surface area contributed by atoms with Crippen molar-refractivity contribution in [1.29, 1.82) is 0 Å². The van der Waals surface area contributed by atoms with Crippen molar-refractivity contribution in [2.75, 3.05) is 6.54 Å². The summed E-state index contributed by atoms with van der Waals surface area (Å²) in [5.41, 5.74) is 1.13. The quantitative estimate of drug-likeness (QED) is 0.855. The van der Waals surface area contributed by atoms with Crippen molar-refractivity contribution < 1.29 is 0 Å². The smallest absolute Gasteiger partial charge is 0.0943 e. The summed E-state index contributed by atoms with van der Waals surface area (Å²) in [6.45, 7) is 5.21. The highest BCUT2D eigenvalue weighted by molar-refractivity contribution is 9.11. The monoisotopic (exact) mass is 344 g/mol. The van der Waals surface area contributed by atoms with Crippen LogP contribution in [-0.2, 0) is 12.8 Å². The molecule has 5 heteroatoms. The van der Waals surface area contributed by atoms with Gasteiger partial charge in [0.05, 0.1) is 8.79 Å². The first-order valence-electron chi connectivity index (χ1n) is 6.06. The molecule has 0 aliphatic heterocycles. The van der Waals surface area contributed by atoms with E-state index in [0.29, 0.717) is 6.04 Å². The fourth-order valence-corrected chi connectivity index (χ4v) is 4.33. The molecule has 0 aromatic carbocycles. The van der Waals surface area contributed by atoms with Gasteiger partial charge in [0.25, 0.3) is 0 Å². The van der Waals surface area contributed by atoms with E-state index in [1.807, 2.05) is 11.3 Å². The SMILES string of the molecule is CCNC(Cc1ccc(Br)s1)Cc1nc(C)cs1. The first-order valence-corrected chi connectivity index (χ1v) is 8.55. The van der Waals surface area contributed by atoms with Crippen LogP contribution < -0.4 is 5.32 Å². The van der Waals surface area contributed by atoms with Crippen LogP contribution in [0.3, 0.4) is 0 Å². The maximum atomic E-state index is 4.55. The maximum Gasteiger partial charge on any atom is 0.0943 e. The van der Waals surface area contributed by atoms with Crippen LogP contribution >= 0.6 is 38.6 Å². The first kappa shape index (κ1) is 14.2. The van der Waals surface area contributed by atoms with Crippen molar-refractivity contribution in [2.24, 2.45) is 0 Å². The van der Waals surface area contributed by atoms with E-state index in [4.69, 9.17) is 0 Å². The van der Waals surface area contributed by atoms with Gasteiger partial charge in [-0.2, -0.15) is 0 Å². The second-order valence-corrected chi connectivity index (χ2v) is 7.74. The molecular formula is C13H17BrN2S2. The second kappa shape index (κ2) is 6.80. The van der Waals surface area contributed by atoms with Gasteiger partial charge in [-0.05, 0) is 48.0 Å². The van der Waals surface area contributed by atoms with E-state index in [2.05, 4.69) is 57.6 Å². The molecular weight excluding hydrogens is 328 g/mol. The lowest BCUT2D eigenvalue weighted by Gasteiger charge is -2.15. The van der Waals surface area contributed by atoms with E-state index in [-0.39, 0.29) is 0 Å². The molecule has 18 heavy (non-hydrogen) atoms. The molecule has 0 fully saturated rings. The molecule has 1 N–H and O–H groups in total. The summed E-state index contributed by atoms with van der Waals surface area (Å²) in [5, 5.41) is 6.91. The molecule has 2 nitrogen and oxygen atoms in total. The lowest BCUT2D eigenvalue weighted by molar-refractivity contribution is 0.523. The third-order valence-electron chi connectivity index (χ3n) is 2.66. The molecule has 0 saturated heterocycles. The highest BCUT2D eigenvalue weighted by Crippen LogP contribution is 2.24. The molecule has 98 valence electrons. The maximum absolute atomic E-state index is 4.55. The fraction of sp³-hybridized carbons (Fsp3) is 0.462. The Kier molecular flexibility index (Phi) is 5.36. The first-order chi connectivity index (χ1) is 8.67. The molecule has 0 radical (unpaired) electrons. The van der Waals surface area contributed by atoms with Gasteiger partial charge in [0.1, 0.15) is 0 Å². The van der Waals surface area contributed by atoms with E-state index in [1.165, 1.54) is 13.7 Å². The van der Waals surface area contributed by atoms with Crippen molar-refractivity contribution in [3.8, 4) is 0 Å². The summed E-state index contributed by atoms with van der Waals surface area (Å²) < 4.78 is 1.21. The van der Waals surface area contributed by atoms with E-state index >= 15 is 0 Å². The van der Waals surface area contributed by atoms with E-state index < -0.39 is 0 Å². The Morgan fingerprint density at radius 2 is 2.22 bits per heavy atom. The summed E-state index contributed by atoms with van der Waals surface area (Å²) in [6.07, 6.45) is 2.09. The van der Waals surface area contributed by atoms with Crippen molar-refractivity contribution in [3.05, 3.63) is 36.9 Å². The zero-order chi connectivity index (χ0) is 13.0. The summed E-state index contributed by atoms with van der Waals surface area (Å²) in [5.74, 6) is 0. The minimum atomic E-state index is 0.478. The van der Waals surface area contributed by atoms with Gasteiger partial charge in [0, 0.05) is 28.4 Å². The van der Waals surface area contributed by atoms with Gasteiger partial charge >= 0.3 is 0 Å². The van der Waals surface area contributed by atoms with Crippen LogP contribution in [-0.4, -0.2) is 17.6 Å². The minimum Gasteiger partial charge on any atom is -0.313 e. The Morgan fingerprint density at radius 3 is 2.78 bits per heavy atom. The Morgan fingerprint density at radius 1 is 1.39 bits per heavy atom. The number of likely N-dealkylation sites (N-methyl/N-ethyl adjacent to an activating group) is 1. The number of rotatable bonds is 6. The number of thiophene rings is 1. The van der Waals surface area contributed by atoms with Crippen molar-refractivity contribution in [3.63, 3.8) is 0 Å². The Bertz CT molecular complexity index is 450. The number of nitrogens with zero attached hydrogens (tertiary/aromatic N) is 1. The van der Waals surface area contributed by atoms with E-state index in [1.54, 1.807) is 11.3 Å². The number of aryl methyl sites for hydroxylation is 1. The molecule has 2 aromatic heterocycles. The standard InChI is InChI=1S/C13H17BrN2S2/c1-3-15-10(6-11-4-5-12(14)18-11)7-13-16-9(2)8-17-13/h4-5,8,10,15H,3,6-7H2,1-2H3. The van der Waals surface area contributed by atoms with E-state index in [9.17, 15) is 0 Å². The molecule has 2 heterocycles. The van der Waals surface area contributed by atoms with Crippen LogP contribution in [0.2, 0.25) is 0 Å². The largest absolute Gasteiger partial charge is 0.313 e. The van der Waals surface area contributed by atoms with Crippen molar-refractivity contribution in [1.82, 2.24) is 10.3 Å². The van der Waals surface area contributed by atoms with Crippen LogP contribution in [0.4, 0.5) is 0 Å². The topological polar surface area (TPSA) is 24.9 Å². The van der Waals surface area contributed by atoms with Gasteiger partial charge in [0.15, 0.2) is 0 Å². The summed E-state index contributed by atoms with van der Waals surface area (Å²) in [4.78, 5) is 5.97. The molecule has 0 spiro atoms. The summed E-state index contributed by atoms with van der Waals surface area (Å²) in [6, 6.07) is 4.80. The highest BCUT2D eigenvalue weighted by atomic mass is 79.9. The van der Waals surface area contributed by atoms with Gasteiger partial charge in [-0.3, -0.25) is 0 Å². The van der Waals surface area contributed by atoms with Gasteiger partial charge < -0.3 is 5.32 Å². The third kappa shape index (κ3) is 4.16. The fourth-order valence-electron chi connectivity index (χ4n) is 1.92. The molecule has 0 saturated carbocycles. The van der Waals surface area contributed by atoms with Gasteiger partial charge in [-0.15, -0.1) is 22.7 Å². The number of aromatic nitrogens is 1. The van der Waals surface area contributed by atoms with Crippen LogP contribution in [0.15, 0.2) is 21.3 Å². The Labute approximate surface area is 125 Å². The zero-order valence-corrected chi connectivity index (χ0v) is 13.8. The van der Waals surface area contributed by atoms with Gasteiger partial charge in [-0.1, -0.05) is 6.92 Å². The molecule has 2 aromatic rings. The normalized spacial score (nSPS) is 12.8. The molecule has 0 aliphatic carbocycles. The average molecular weight is 345 g/mol. The van der Waals surface area contributed by atoms with Crippen LogP contribution in [0, 0.1) is 6.92 Å². The molecule has 2 rings (SSSR count). The minimum absolute atomic E-state index is 0.478. The van der Waals surface area contributed by atoms with Crippen LogP contribution in [0.1, 0.15) is 22.5 Å². The van der Waals surface area contributed by atoms with Crippen molar-refractivity contribution >= 4 is 38.6 Å². The molecule has 0 aliphatic rings. The second-order valence-electron chi connectivity index (χ2n) is 4.25. The Balaban J connectivity index is 1.99. The predicted molar refractivity (Wildman–Crippen MR) is 83.7 cm³/mol. The van der Waals surface area contributed by atoms with E-state index in [0.717, 1.165) is 25.1 Å². The summed E-state index contributed by atoms with van der Waals surface area (Å²) in [7, 11) is 0. The number of hydrogen-bond acceptors (Lipinski definition) is 4. The number of thiazole rings is 1. The Hall–Kier alpha value is -0.230. The van der Waals surface area contributed by atoms with Crippen molar-refractivity contribution in [2.45, 2.75) is 32.7 Å². The number of nitrogens with one attached hydrogen (secondary N) is 1. The van der Waals surface area contributed by atoms with Gasteiger partial charge in [-0.25, -0.2) is 4.98 Å². The van der Waals surface area contributed by atoms with Crippen LogP contribution in [0.25, 0.3) is 0 Å². The lowest BCUT2D eigenvalue weighted by atomic mass is 10.1.